The molecule has 28 heavy (non-hydrogen) atoms. The van der Waals surface area contributed by atoms with Crippen LogP contribution in [0.1, 0.15) is 12.5 Å². The zero-order valence-corrected chi connectivity index (χ0v) is 15.1. The molecule has 2 atom stereocenters. The van der Waals surface area contributed by atoms with Crippen LogP contribution in [0.2, 0.25) is 0 Å². The van der Waals surface area contributed by atoms with Crippen molar-refractivity contribution in [2.24, 2.45) is 0 Å². The van der Waals surface area contributed by atoms with E-state index in [-0.39, 0.29) is 18.8 Å². The number of nitrogens with one attached hydrogen (secondary N) is 1. The second-order valence-electron chi connectivity index (χ2n) is 6.55. The van der Waals surface area contributed by atoms with Crippen molar-refractivity contribution in [1.29, 1.82) is 0 Å². The van der Waals surface area contributed by atoms with E-state index in [4.69, 9.17) is 4.74 Å². The summed E-state index contributed by atoms with van der Waals surface area (Å²) in [5.41, 5.74) is -1.07. The number of rotatable bonds is 7. The number of hydrogen-bond donors (Lipinski definition) is 2. The Morgan fingerprint density at radius 1 is 1.18 bits per heavy atom. The number of nitro groups is 1. The molecule has 3 amide bonds. The number of urea groups is 1. The third-order valence-corrected chi connectivity index (χ3v) is 4.51. The summed E-state index contributed by atoms with van der Waals surface area (Å²) in [4.78, 5) is 36.3. The Morgan fingerprint density at radius 3 is 2.43 bits per heavy atom. The van der Waals surface area contributed by atoms with Gasteiger partial charge in [0.25, 0.3) is 11.6 Å². The number of nitro benzene ring substituents is 1. The van der Waals surface area contributed by atoms with Crippen LogP contribution in [-0.2, 0) is 10.3 Å². The van der Waals surface area contributed by atoms with Gasteiger partial charge in [-0.3, -0.25) is 19.8 Å². The number of para-hydroxylation sites is 1. The number of imide groups is 1. The molecule has 0 bridgehead atoms. The summed E-state index contributed by atoms with van der Waals surface area (Å²) >= 11 is 0. The molecular weight excluding hydrogens is 366 g/mol. The molecule has 3 rings (SSSR count). The lowest BCUT2D eigenvalue weighted by Crippen LogP contribution is -2.42. The molecule has 0 aromatic heterocycles. The Hall–Kier alpha value is -3.46. The van der Waals surface area contributed by atoms with Gasteiger partial charge < -0.3 is 15.2 Å². The monoisotopic (exact) mass is 385 g/mol. The summed E-state index contributed by atoms with van der Waals surface area (Å²) in [6.07, 6.45) is -1.07. The molecule has 0 spiro atoms. The van der Waals surface area contributed by atoms with Crippen LogP contribution in [0.4, 0.5) is 10.5 Å². The van der Waals surface area contributed by atoms with Crippen LogP contribution < -0.4 is 10.1 Å². The third kappa shape index (κ3) is 3.79. The van der Waals surface area contributed by atoms with E-state index in [1.54, 1.807) is 24.3 Å². The maximum Gasteiger partial charge on any atom is 0.325 e. The van der Waals surface area contributed by atoms with Gasteiger partial charge in [-0.2, -0.15) is 0 Å². The number of carbonyl (C=O) groups is 2. The van der Waals surface area contributed by atoms with E-state index in [1.807, 2.05) is 6.07 Å². The van der Waals surface area contributed by atoms with E-state index in [0.29, 0.717) is 11.3 Å². The number of non-ortho nitro benzene ring substituents is 1. The first-order valence-corrected chi connectivity index (χ1v) is 8.56. The standard InChI is InChI=1S/C19H19N3O6/c1-19(13-7-9-14(10-8-13)22(26)27)17(24)21(18(25)20-19)11-15(23)12-28-16-5-3-2-4-6-16/h2-10,15,23H,11-12H2,1H3,(H,20,25)/t15-,19-/m0/s1. The van der Waals surface area contributed by atoms with Gasteiger partial charge in [-0.15, -0.1) is 0 Å². The second kappa shape index (κ2) is 7.65. The average Bonchev–Trinajstić information content (AvgIpc) is 2.91. The second-order valence-corrected chi connectivity index (χ2v) is 6.55. The SMILES string of the molecule is C[C@@]1(c2ccc([N+](=O)[O-])cc2)NC(=O)N(C[C@H](O)COc2ccccc2)C1=O. The number of aliphatic hydroxyl groups excluding tert-OH is 1. The summed E-state index contributed by atoms with van der Waals surface area (Å²) in [5, 5.41) is 23.5. The molecule has 2 aromatic carbocycles. The number of ether oxygens (including phenoxy) is 1. The molecular formula is C19H19N3O6. The van der Waals surface area contributed by atoms with Crippen molar-refractivity contribution >= 4 is 17.6 Å². The van der Waals surface area contributed by atoms with Gasteiger partial charge in [0.2, 0.25) is 0 Å². The predicted octanol–water partition coefficient (Wildman–Crippen LogP) is 1.80. The maximum atomic E-state index is 12.8. The Morgan fingerprint density at radius 2 is 1.82 bits per heavy atom. The lowest BCUT2D eigenvalue weighted by atomic mass is 9.92. The van der Waals surface area contributed by atoms with E-state index in [0.717, 1.165) is 4.90 Å². The van der Waals surface area contributed by atoms with Crippen LogP contribution in [0.25, 0.3) is 0 Å². The number of hydrogen-bond acceptors (Lipinski definition) is 6. The maximum absolute atomic E-state index is 12.8. The van der Waals surface area contributed by atoms with Gasteiger partial charge in [0.15, 0.2) is 0 Å². The Kier molecular flexibility index (Phi) is 5.27. The molecule has 2 aromatic rings. The minimum absolute atomic E-state index is 0.0880. The number of carbonyl (C=O) groups excluding carboxylic acids is 2. The van der Waals surface area contributed by atoms with Gasteiger partial charge in [0, 0.05) is 12.1 Å². The molecule has 9 nitrogen and oxygen atoms in total. The molecule has 0 unspecified atom stereocenters. The highest BCUT2D eigenvalue weighted by Crippen LogP contribution is 2.30. The van der Waals surface area contributed by atoms with Crippen molar-refractivity contribution in [3.8, 4) is 5.75 Å². The highest BCUT2D eigenvalue weighted by atomic mass is 16.6. The number of β-amino-alcohol motifs (C(OH)–C–C–N with tert-alkyl or cyclic N) is 1. The highest BCUT2D eigenvalue weighted by Gasteiger charge is 2.49. The van der Waals surface area contributed by atoms with E-state index >= 15 is 0 Å². The van der Waals surface area contributed by atoms with E-state index in [9.17, 15) is 24.8 Å². The van der Waals surface area contributed by atoms with Crippen molar-refractivity contribution < 1.29 is 24.4 Å². The van der Waals surface area contributed by atoms with Gasteiger partial charge >= 0.3 is 6.03 Å². The first-order valence-electron chi connectivity index (χ1n) is 8.56. The molecule has 146 valence electrons. The van der Waals surface area contributed by atoms with Gasteiger partial charge in [-0.1, -0.05) is 18.2 Å². The highest BCUT2D eigenvalue weighted by molar-refractivity contribution is 6.07. The molecule has 1 saturated heterocycles. The lowest BCUT2D eigenvalue weighted by molar-refractivity contribution is -0.384. The molecule has 2 N–H and O–H groups in total. The zero-order valence-electron chi connectivity index (χ0n) is 15.1. The van der Waals surface area contributed by atoms with Gasteiger partial charge in [0.05, 0.1) is 11.5 Å². The minimum atomic E-state index is -1.37. The van der Waals surface area contributed by atoms with Crippen molar-refractivity contribution in [3.05, 3.63) is 70.3 Å². The molecule has 1 aliphatic heterocycles. The Labute approximate surface area is 160 Å². The molecule has 0 radical (unpaired) electrons. The molecule has 9 heteroatoms. The summed E-state index contributed by atoms with van der Waals surface area (Å²) in [6.45, 7) is 1.19. The third-order valence-electron chi connectivity index (χ3n) is 4.51. The van der Waals surface area contributed by atoms with Crippen LogP contribution in [-0.4, -0.2) is 46.1 Å². The molecule has 1 heterocycles. The molecule has 0 aliphatic carbocycles. The van der Waals surface area contributed by atoms with Crippen LogP contribution in [0, 0.1) is 10.1 Å². The molecule has 0 saturated carbocycles. The van der Waals surface area contributed by atoms with Crippen molar-refractivity contribution in [1.82, 2.24) is 10.2 Å². The topological polar surface area (TPSA) is 122 Å². The number of benzene rings is 2. The van der Waals surface area contributed by atoms with Gasteiger partial charge in [0.1, 0.15) is 24.0 Å². The van der Waals surface area contributed by atoms with Crippen LogP contribution in [0.3, 0.4) is 0 Å². The predicted molar refractivity (Wildman–Crippen MR) is 98.6 cm³/mol. The average molecular weight is 385 g/mol. The quantitative estimate of drug-likeness (QED) is 0.426. The largest absolute Gasteiger partial charge is 0.491 e. The lowest BCUT2D eigenvalue weighted by Gasteiger charge is -2.23. The number of nitrogens with zero attached hydrogens (tertiary/aromatic N) is 2. The van der Waals surface area contributed by atoms with Crippen molar-refractivity contribution in [2.45, 2.75) is 18.6 Å². The van der Waals surface area contributed by atoms with Crippen LogP contribution in [0.5, 0.6) is 5.75 Å². The Balaban J connectivity index is 1.67. The van der Waals surface area contributed by atoms with Crippen molar-refractivity contribution in [3.63, 3.8) is 0 Å². The summed E-state index contributed by atoms with van der Waals surface area (Å²) in [5.74, 6) is 0.0135. The fraction of sp³-hybridized carbons (Fsp3) is 0.263. The minimum Gasteiger partial charge on any atom is -0.491 e. The van der Waals surface area contributed by atoms with Crippen LogP contribution in [0.15, 0.2) is 54.6 Å². The summed E-state index contributed by atoms with van der Waals surface area (Å²) in [7, 11) is 0. The van der Waals surface area contributed by atoms with Gasteiger partial charge in [-0.25, -0.2) is 4.79 Å². The number of aliphatic hydroxyl groups is 1. The van der Waals surface area contributed by atoms with E-state index in [2.05, 4.69) is 5.32 Å². The van der Waals surface area contributed by atoms with Crippen LogP contribution >= 0.6 is 0 Å². The smallest absolute Gasteiger partial charge is 0.325 e. The normalized spacial score (nSPS) is 20.0. The first-order chi connectivity index (χ1) is 13.3. The summed E-state index contributed by atoms with van der Waals surface area (Å²) < 4.78 is 5.44. The van der Waals surface area contributed by atoms with Crippen molar-refractivity contribution in [2.75, 3.05) is 13.2 Å². The zero-order chi connectivity index (χ0) is 20.3. The number of amides is 3. The summed E-state index contributed by atoms with van der Waals surface area (Å²) in [6, 6.07) is 13.6. The van der Waals surface area contributed by atoms with E-state index in [1.165, 1.54) is 31.2 Å². The fourth-order valence-electron chi connectivity index (χ4n) is 2.95. The van der Waals surface area contributed by atoms with E-state index < -0.39 is 28.5 Å². The Bertz CT molecular complexity index is 886. The molecule has 1 fully saturated rings. The molecule has 1 aliphatic rings. The first kappa shape index (κ1) is 19.3. The fourth-order valence-corrected chi connectivity index (χ4v) is 2.95. The van der Waals surface area contributed by atoms with Gasteiger partial charge in [-0.05, 0) is 36.8 Å².